The first-order chi connectivity index (χ1) is 15.1. The molecule has 10 heteroatoms. The lowest BCUT2D eigenvalue weighted by molar-refractivity contribution is -0.173. The predicted octanol–water partition coefficient (Wildman–Crippen LogP) is 5.50. The molecule has 0 spiro atoms. The summed E-state index contributed by atoms with van der Waals surface area (Å²) < 4.78 is 42.3. The van der Waals surface area contributed by atoms with E-state index in [9.17, 15) is 23.1 Å². The maximum atomic E-state index is 13.8. The van der Waals surface area contributed by atoms with Crippen LogP contribution in [0.25, 0.3) is 0 Å². The maximum Gasteiger partial charge on any atom is 0.410 e. The summed E-state index contributed by atoms with van der Waals surface area (Å²) in [7, 11) is 0. The molecule has 3 unspecified atom stereocenters. The van der Waals surface area contributed by atoms with Crippen molar-refractivity contribution >= 4 is 29.0 Å². The SMILES string of the molecule is CC(O)c1cccc(NC(=O)c2cc3n(n2)C(C(F)(F)F)CC(c2ccc(Cl)cc2)N3)c1. The summed E-state index contributed by atoms with van der Waals surface area (Å²) in [5.41, 5.74) is 1.49. The molecule has 6 nitrogen and oxygen atoms in total. The minimum absolute atomic E-state index is 0.0985. The number of alkyl halides is 3. The maximum absolute atomic E-state index is 13.8. The molecule has 1 aliphatic heterocycles. The molecule has 32 heavy (non-hydrogen) atoms. The Kier molecular flexibility index (Phi) is 5.87. The van der Waals surface area contributed by atoms with Gasteiger partial charge in [0.2, 0.25) is 0 Å². The molecule has 0 saturated heterocycles. The van der Waals surface area contributed by atoms with Crippen LogP contribution < -0.4 is 10.6 Å². The van der Waals surface area contributed by atoms with Crippen molar-refractivity contribution in [2.75, 3.05) is 10.6 Å². The van der Waals surface area contributed by atoms with E-state index in [0.717, 1.165) is 4.68 Å². The van der Waals surface area contributed by atoms with E-state index in [1.54, 1.807) is 55.5 Å². The van der Waals surface area contributed by atoms with Crippen LogP contribution in [-0.4, -0.2) is 27.0 Å². The Morgan fingerprint density at radius 1 is 1.25 bits per heavy atom. The van der Waals surface area contributed by atoms with Crippen molar-refractivity contribution in [2.45, 2.75) is 37.7 Å². The van der Waals surface area contributed by atoms with Crippen LogP contribution in [0, 0.1) is 0 Å². The highest BCUT2D eigenvalue weighted by Gasteiger charge is 2.46. The van der Waals surface area contributed by atoms with Gasteiger partial charge < -0.3 is 15.7 Å². The van der Waals surface area contributed by atoms with Gasteiger partial charge in [-0.3, -0.25) is 4.79 Å². The quantitative estimate of drug-likeness (QED) is 0.476. The number of benzene rings is 2. The number of nitrogens with one attached hydrogen (secondary N) is 2. The summed E-state index contributed by atoms with van der Waals surface area (Å²) in [5, 5.41) is 19.8. The molecule has 4 rings (SSSR count). The number of aliphatic hydroxyl groups excluding tert-OH is 1. The average Bonchev–Trinajstić information content (AvgIpc) is 3.17. The van der Waals surface area contributed by atoms with Gasteiger partial charge in [0.25, 0.3) is 5.91 Å². The van der Waals surface area contributed by atoms with Crippen LogP contribution in [0.5, 0.6) is 0 Å². The minimum atomic E-state index is -4.55. The number of aliphatic hydroxyl groups is 1. The van der Waals surface area contributed by atoms with E-state index < -0.39 is 30.3 Å². The molecule has 0 radical (unpaired) electrons. The first-order valence-electron chi connectivity index (χ1n) is 9.89. The van der Waals surface area contributed by atoms with Gasteiger partial charge >= 0.3 is 6.18 Å². The van der Waals surface area contributed by atoms with Gasteiger partial charge in [0.1, 0.15) is 5.82 Å². The Bertz CT molecular complexity index is 1130. The van der Waals surface area contributed by atoms with E-state index in [1.165, 1.54) is 6.07 Å². The molecule has 0 fully saturated rings. The number of fused-ring (bicyclic) bond motifs is 1. The summed E-state index contributed by atoms with van der Waals surface area (Å²) in [5.74, 6) is -0.554. The second kappa shape index (κ2) is 8.48. The number of anilines is 2. The number of hydrogen-bond acceptors (Lipinski definition) is 4. The number of hydrogen-bond donors (Lipinski definition) is 3. The number of carbonyl (C=O) groups is 1. The summed E-state index contributed by atoms with van der Waals surface area (Å²) in [6.07, 6.45) is -5.56. The molecular formula is C22H20ClF3N4O2. The number of halogens is 4. The van der Waals surface area contributed by atoms with Crippen LogP contribution in [0.1, 0.15) is 53.1 Å². The van der Waals surface area contributed by atoms with Crippen molar-refractivity contribution in [3.05, 3.63) is 76.4 Å². The highest BCUT2D eigenvalue weighted by atomic mass is 35.5. The first kappa shape index (κ1) is 22.2. The van der Waals surface area contributed by atoms with Crippen molar-refractivity contribution < 1.29 is 23.1 Å². The number of amides is 1. The molecule has 1 aromatic heterocycles. The van der Waals surface area contributed by atoms with Crippen LogP contribution in [0.15, 0.2) is 54.6 Å². The van der Waals surface area contributed by atoms with Gasteiger partial charge in [-0.2, -0.15) is 18.3 Å². The topological polar surface area (TPSA) is 79.2 Å². The largest absolute Gasteiger partial charge is 0.410 e. The van der Waals surface area contributed by atoms with Gasteiger partial charge in [-0.05, 0) is 42.3 Å². The van der Waals surface area contributed by atoms with Crippen molar-refractivity contribution in [3.63, 3.8) is 0 Å². The molecule has 3 atom stereocenters. The van der Waals surface area contributed by atoms with Crippen molar-refractivity contribution in [1.82, 2.24) is 9.78 Å². The third-order valence-corrected chi connectivity index (χ3v) is 5.57. The molecule has 1 aliphatic rings. The molecular weight excluding hydrogens is 445 g/mol. The highest BCUT2D eigenvalue weighted by molar-refractivity contribution is 6.30. The smallest absolute Gasteiger partial charge is 0.389 e. The Hall–Kier alpha value is -3.04. The number of aromatic nitrogens is 2. The Labute approximate surface area is 187 Å². The van der Waals surface area contributed by atoms with E-state index in [-0.39, 0.29) is 17.9 Å². The zero-order valence-electron chi connectivity index (χ0n) is 16.9. The molecule has 2 heterocycles. The van der Waals surface area contributed by atoms with Crippen molar-refractivity contribution in [1.29, 1.82) is 0 Å². The predicted molar refractivity (Wildman–Crippen MR) is 115 cm³/mol. The molecule has 0 saturated carbocycles. The third-order valence-electron chi connectivity index (χ3n) is 5.32. The average molecular weight is 465 g/mol. The lowest BCUT2D eigenvalue weighted by Crippen LogP contribution is -2.35. The normalized spacial score (nSPS) is 19.1. The molecule has 3 aromatic rings. The van der Waals surface area contributed by atoms with E-state index in [2.05, 4.69) is 15.7 Å². The Morgan fingerprint density at radius 2 is 1.97 bits per heavy atom. The second-order valence-corrected chi connectivity index (χ2v) is 8.09. The number of carbonyl (C=O) groups excluding carboxylic acids is 1. The minimum Gasteiger partial charge on any atom is -0.389 e. The standard InChI is InChI=1S/C22H20ClF3N4O2/c1-12(31)14-3-2-4-16(9-14)27-21(32)18-11-20-28-17(13-5-7-15(23)8-6-13)10-19(22(24,25)26)30(20)29-18/h2-9,11-12,17,19,28,31H,10H2,1H3,(H,27,32). The van der Waals surface area contributed by atoms with Gasteiger partial charge in [-0.1, -0.05) is 35.9 Å². The molecule has 0 bridgehead atoms. The van der Waals surface area contributed by atoms with E-state index in [4.69, 9.17) is 11.6 Å². The fourth-order valence-corrected chi connectivity index (χ4v) is 3.80. The molecule has 1 amide bonds. The Balaban J connectivity index is 1.62. The van der Waals surface area contributed by atoms with Crippen molar-refractivity contribution in [3.8, 4) is 0 Å². The van der Waals surface area contributed by atoms with E-state index in [0.29, 0.717) is 21.8 Å². The summed E-state index contributed by atoms with van der Waals surface area (Å²) in [4.78, 5) is 12.7. The zero-order valence-corrected chi connectivity index (χ0v) is 17.7. The molecule has 0 aliphatic carbocycles. The fraction of sp³-hybridized carbons (Fsp3) is 0.273. The summed E-state index contributed by atoms with van der Waals surface area (Å²) >= 11 is 5.89. The zero-order chi connectivity index (χ0) is 23.0. The Morgan fingerprint density at radius 3 is 2.62 bits per heavy atom. The van der Waals surface area contributed by atoms with Crippen LogP contribution in [-0.2, 0) is 0 Å². The monoisotopic (exact) mass is 464 g/mol. The van der Waals surface area contributed by atoms with Gasteiger partial charge in [0.05, 0.1) is 12.1 Å². The van der Waals surface area contributed by atoms with Crippen LogP contribution >= 0.6 is 11.6 Å². The van der Waals surface area contributed by atoms with Gasteiger partial charge in [0, 0.05) is 23.2 Å². The van der Waals surface area contributed by atoms with E-state index >= 15 is 0 Å². The number of nitrogens with zero attached hydrogens (tertiary/aromatic N) is 2. The van der Waals surface area contributed by atoms with Gasteiger partial charge in [0.15, 0.2) is 11.7 Å². The molecule has 168 valence electrons. The number of rotatable bonds is 4. The van der Waals surface area contributed by atoms with Gasteiger partial charge in [-0.25, -0.2) is 4.68 Å². The second-order valence-electron chi connectivity index (χ2n) is 7.66. The molecule has 2 aromatic carbocycles. The first-order valence-corrected chi connectivity index (χ1v) is 10.3. The van der Waals surface area contributed by atoms with E-state index in [1.807, 2.05) is 0 Å². The lowest BCUT2D eigenvalue weighted by Gasteiger charge is -2.33. The van der Waals surface area contributed by atoms with Crippen LogP contribution in [0.2, 0.25) is 5.02 Å². The van der Waals surface area contributed by atoms with Gasteiger partial charge in [-0.15, -0.1) is 0 Å². The fourth-order valence-electron chi connectivity index (χ4n) is 3.67. The third kappa shape index (κ3) is 4.58. The van der Waals surface area contributed by atoms with Crippen LogP contribution in [0.3, 0.4) is 0 Å². The van der Waals surface area contributed by atoms with Crippen LogP contribution in [0.4, 0.5) is 24.7 Å². The lowest BCUT2D eigenvalue weighted by atomic mass is 9.97. The highest BCUT2D eigenvalue weighted by Crippen LogP contribution is 2.43. The molecule has 3 N–H and O–H groups in total. The van der Waals surface area contributed by atoms with Crippen molar-refractivity contribution in [2.24, 2.45) is 0 Å². The summed E-state index contributed by atoms with van der Waals surface area (Å²) in [6.45, 7) is 1.59. The summed E-state index contributed by atoms with van der Waals surface area (Å²) in [6, 6.07) is 11.9.